The van der Waals surface area contributed by atoms with Gasteiger partial charge < -0.3 is 10.1 Å². The summed E-state index contributed by atoms with van der Waals surface area (Å²) in [6.07, 6.45) is 2.38. The zero-order valence-electron chi connectivity index (χ0n) is 13.6. The van der Waals surface area contributed by atoms with Crippen molar-refractivity contribution in [2.45, 2.75) is 45.6 Å². The van der Waals surface area contributed by atoms with Crippen molar-refractivity contribution < 1.29 is 5.11 Å². The van der Waals surface area contributed by atoms with Crippen molar-refractivity contribution in [3.8, 4) is 5.75 Å². The average Bonchev–Trinajstić information content (AvgIpc) is 2.93. The van der Waals surface area contributed by atoms with Crippen LogP contribution in [0.4, 0.5) is 0 Å². The predicted molar refractivity (Wildman–Crippen MR) is 88.3 cm³/mol. The number of piperidine rings is 1. The molecule has 5 rings (SSSR count). The topological polar surface area (TPSA) is 39.3 Å². The number of nitrogens with one attached hydrogen (secondary N) is 1. The van der Waals surface area contributed by atoms with Crippen molar-refractivity contribution >= 4 is 10.9 Å². The second-order valence-electron chi connectivity index (χ2n) is 8.51. The Kier molecular flexibility index (Phi) is 2.19. The summed E-state index contributed by atoms with van der Waals surface area (Å²) in [5.41, 5.74) is 4.87. The van der Waals surface area contributed by atoms with Gasteiger partial charge in [0, 0.05) is 41.6 Å². The molecule has 1 aromatic heterocycles. The number of nitrogens with zero attached hydrogens (tertiary/aromatic N) is 1. The summed E-state index contributed by atoms with van der Waals surface area (Å²) in [4.78, 5) is 6.45. The van der Waals surface area contributed by atoms with Crippen LogP contribution in [-0.4, -0.2) is 34.1 Å². The first kappa shape index (κ1) is 13.0. The molecule has 116 valence electrons. The van der Waals surface area contributed by atoms with Gasteiger partial charge in [-0.15, -0.1) is 0 Å². The molecule has 0 spiro atoms. The van der Waals surface area contributed by atoms with Crippen LogP contribution in [0.1, 0.15) is 44.4 Å². The maximum Gasteiger partial charge on any atom is 0.116 e. The molecule has 1 saturated heterocycles. The van der Waals surface area contributed by atoms with Gasteiger partial charge in [0.1, 0.15) is 5.75 Å². The largest absolute Gasteiger partial charge is 0.508 e. The molecule has 1 aliphatic carbocycles. The van der Waals surface area contributed by atoms with Crippen LogP contribution < -0.4 is 0 Å². The summed E-state index contributed by atoms with van der Waals surface area (Å²) in [5.74, 6) is 0.985. The second-order valence-corrected chi connectivity index (χ2v) is 8.51. The zero-order valence-corrected chi connectivity index (χ0v) is 13.6. The number of hydrogen-bond donors (Lipinski definition) is 2. The fourth-order valence-electron chi connectivity index (χ4n) is 5.82. The highest BCUT2D eigenvalue weighted by molar-refractivity contribution is 5.86. The van der Waals surface area contributed by atoms with Gasteiger partial charge in [0.2, 0.25) is 0 Å². The standard InChI is InChI=1S/C19H24N2O/c1-18(2)17-14-9-19(18,3)10-21(17)7-6-12-13-8-11(22)4-5-15(13)20-16(12)14/h4-5,8,14,17,20,22H,6-7,9-10H2,1-3H3. The van der Waals surface area contributed by atoms with Crippen molar-refractivity contribution in [2.24, 2.45) is 10.8 Å². The molecule has 3 aliphatic rings. The Labute approximate surface area is 131 Å². The number of rotatable bonds is 0. The van der Waals surface area contributed by atoms with Gasteiger partial charge >= 0.3 is 0 Å². The molecule has 2 aromatic rings. The molecule has 0 radical (unpaired) electrons. The molecule has 2 fully saturated rings. The molecule has 0 amide bonds. The minimum atomic E-state index is 0.374. The van der Waals surface area contributed by atoms with Crippen LogP contribution in [0.15, 0.2) is 18.2 Å². The molecule has 22 heavy (non-hydrogen) atoms. The summed E-state index contributed by atoms with van der Waals surface area (Å²) in [5, 5.41) is 11.1. The van der Waals surface area contributed by atoms with E-state index in [2.05, 4.69) is 30.7 Å². The summed E-state index contributed by atoms with van der Waals surface area (Å²) >= 11 is 0. The third kappa shape index (κ3) is 1.32. The quantitative estimate of drug-likeness (QED) is 0.779. The van der Waals surface area contributed by atoms with Crippen molar-refractivity contribution in [3.05, 3.63) is 29.5 Å². The fraction of sp³-hybridized carbons (Fsp3) is 0.579. The Morgan fingerprint density at radius 3 is 2.86 bits per heavy atom. The Hall–Kier alpha value is -1.48. The molecule has 1 saturated carbocycles. The molecule has 2 aliphatic heterocycles. The number of phenolic OH excluding ortho intramolecular Hbond substituents is 1. The monoisotopic (exact) mass is 296 g/mol. The summed E-state index contributed by atoms with van der Waals surface area (Å²) in [6.45, 7) is 9.82. The second kappa shape index (κ2) is 3.70. The highest BCUT2D eigenvalue weighted by atomic mass is 16.3. The smallest absolute Gasteiger partial charge is 0.116 e. The molecular formula is C19H24N2O. The lowest BCUT2D eigenvalue weighted by Crippen LogP contribution is -2.39. The number of phenols is 1. The van der Waals surface area contributed by atoms with E-state index in [1.54, 1.807) is 6.07 Å². The Morgan fingerprint density at radius 1 is 1.27 bits per heavy atom. The Morgan fingerprint density at radius 2 is 2.09 bits per heavy atom. The molecule has 3 heteroatoms. The van der Waals surface area contributed by atoms with E-state index < -0.39 is 0 Å². The van der Waals surface area contributed by atoms with Gasteiger partial charge in [-0.3, -0.25) is 4.90 Å². The minimum Gasteiger partial charge on any atom is -0.508 e. The van der Waals surface area contributed by atoms with Crippen molar-refractivity contribution in [1.29, 1.82) is 0 Å². The van der Waals surface area contributed by atoms with Crippen molar-refractivity contribution in [1.82, 2.24) is 9.88 Å². The third-order valence-electron chi connectivity index (χ3n) is 7.23. The highest BCUT2D eigenvalue weighted by Gasteiger charge is 2.65. The lowest BCUT2D eigenvalue weighted by Gasteiger charge is -2.33. The first-order chi connectivity index (χ1) is 10.4. The number of hydrogen-bond acceptors (Lipinski definition) is 2. The number of aromatic amines is 1. The first-order valence-corrected chi connectivity index (χ1v) is 8.48. The lowest BCUT2D eigenvalue weighted by molar-refractivity contribution is 0.169. The van der Waals surface area contributed by atoms with Crippen LogP contribution in [0.25, 0.3) is 10.9 Å². The zero-order chi connectivity index (χ0) is 15.3. The summed E-state index contributed by atoms with van der Waals surface area (Å²) in [7, 11) is 0. The van der Waals surface area contributed by atoms with Gasteiger partial charge in [-0.1, -0.05) is 20.8 Å². The van der Waals surface area contributed by atoms with Gasteiger partial charge in [-0.05, 0) is 47.4 Å². The number of fused-ring (bicyclic) bond motifs is 5. The van der Waals surface area contributed by atoms with E-state index in [0.717, 1.165) is 13.0 Å². The fourth-order valence-corrected chi connectivity index (χ4v) is 5.82. The number of aromatic hydroxyl groups is 1. The number of H-pyrrole nitrogens is 1. The molecule has 3 nitrogen and oxygen atoms in total. The van der Waals surface area contributed by atoms with E-state index >= 15 is 0 Å². The van der Waals surface area contributed by atoms with E-state index in [1.165, 1.54) is 35.1 Å². The molecule has 2 bridgehead atoms. The summed E-state index contributed by atoms with van der Waals surface area (Å²) < 4.78 is 0. The molecule has 3 unspecified atom stereocenters. The molecule has 3 atom stereocenters. The molecular weight excluding hydrogens is 272 g/mol. The van der Waals surface area contributed by atoms with Crippen LogP contribution in [0.3, 0.4) is 0 Å². The number of aromatic nitrogens is 1. The minimum absolute atomic E-state index is 0.374. The average molecular weight is 296 g/mol. The maximum absolute atomic E-state index is 9.87. The van der Waals surface area contributed by atoms with Crippen LogP contribution in [-0.2, 0) is 6.42 Å². The molecule has 3 heterocycles. The van der Waals surface area contributed by atoms with E-state index in [-0.39, 0.29) is 0 Å². The van der Waals surface area contributed by atoms with E-state index in [4.69, 9.17) is 0 Å². The molecule has 2 N–H and O–H groups in total. The maximum atomic E-state index is 9.87. The van der Waals surface area contributed by atoms with Gasteiger partial charge in [0.05, 0.1) is 0 Å². The third-order valence-corrected chi connectivity index (χ3v) is 7.23. The van der Waals surface area contributed by atoms with E-state index in [0.29, 0.717) is 28.5 Å². The Balaban J connectivity index is 1.74. The van der Waals surface area contributed by atoms with E-state index in [9.17, 15) is 5.11 Å². The van der Waals surface area contributed by atoms with Crippen molar-refractivity contribution in [3.63, 3.8) is 0 Å². The van der Waals surface area contributed by atoms with E-state index in [1.807, 2.05) is 12.1 Å². The highest BCUT2D eigenvalue weighted by Crippen LogP contribution is 2.65. The van der Waals surface area contributed by atoms with Gasteiger partial charge in [-0.25, -0.2) is 0 Å². The van der Waals surface area contributed by atoms with Crippen LogP contribution in [0.2, 0.25) is 0 Å². The first-order valence-electron chi connectivity index (χ1n) is 8.48. The van der Waals surface area contributed by atoms with Crippen molar-refractivity contribution in [2.75, 3.05) is 13.1 Å². The van der Waals surface area contributed by atoms with Crippen LogP contribution in [0.5, 0.6) is 5.75 Å². The van der Waals surface area contributed by atoms with Gasteiger partial charge in [-0.2, -0.15) is 0 Å². The van der Waals surface area contributed by atoms with Gasteiger partial charge in [0.25, 0.3) is 0 Å². The lowest BCUT2D eigenvalue weighted by atomic mass is 9.71. The van der Waals surface area contributed by atoms with Crippen LogP contribution in [0, 0.1) is 10.8 Å². The van der Waals surface area contributed by atoms with Crippen LogP contribution >= 0.6 is 0 Å². The normalized spacial score (nSPS) is 35.8. The molecule has 1 aromatic carbocycles. The SMILES string of the molecule is CC12CC3c4[nH]c5ccc(O)cc5c4CCN(C1)C3C2(C)C. The Bertz CT molecular complexity index is 787. The predicted octanol–water partition coefficient (Wildman–Crippen LogP) is 3.63. The number of benzene rings is 1. The summed E-state index contributed by atoms with van der Waals surface area (Å²) in [6, 6.07) is 6.40. The van der Waals surface area contributed by atoms with Gasteiger partial charge in [0.15, 0.2) is 0 Å².